The number of carbonyl (C=O) groups excluding carboxylic acids is 1. The highest BCUT2D eigenvalue weighted by Gasteiger charge is 2.42. The minimum Gasteiger partial charge on any atom is -0.466 e. The van der Waals surface area contributed by atoms with E-state index in [1.807, 2.05) is 78.2 Å². The van der Waals surface area contributed by atoms with E-state index in [4.69, 9.17) is 9.72 Å². The summed E-state index contributed by atoms with van der Waals surface area (Å²) in [4.78, 5) is 18.4. The van der Waals surface area contributed by atoms with Crippen LogP contribution in [0, 0.1) is 6.92 Å². The fourth-order valence-corrected chi connectivity index (χ4v) is 9.25. The number of nitrogens with zero attached hydrogens (tertiary/aromatic N) is 3. The number of fused-ring (bicyclic) bond motifs is 3. The van der Waals surface area contributed by atoms with Crippen LogP contribution in [-0.4, -0.2) is 39.6 Å². The molecule has 1 unspecified atom stereocenters. The van der Waals surface area contributed by atoms with E-state index in [1.54, 1.807) is 74.0 Å². The Morgan fingerprint density at radius 3 is 1.82 bits per heavy atom. The largest absolute Gasteiger partial charge is 0.466 e. The van der Waals surface area contributed by atoms with Crippen molar-refractivity contribution < 1.29 is 23.1 Å². The Morgan fingerprint density at radius 2 is 1.24 bits per heavy atom. The van der Waals surface area contributed by atoms with Crippen LogP contribution >= 0.6 is 0 Å². The van der Waals surface area contributed by atoms with E-state index in [-0.39, 0.29) is 22.8 Å². The lowest BCUT2D eigenvalue weighted by molar-refractivity contribution is -0.147. The molecule has 0 aliphatic heterocycles. The van der Waals surface area contributed by atoms with Crippen LogP contribution < -0.4 is 0 Å². The number of para-hydroxylation sites is 1. The molecule has 2 heterocycles. The first-order valence-electron chi connectivity index (χ1n) is 18.1. The van der Waals surface area contributed by atoms with Crippen molar-refractivity contribution in [3.63, 3.8) is 0 Å². The Hall–Kier alpha value is -6.29. The van der Waals surface area contributed by atoms with Gasteiger partial charge in [0.1, 0.15) is 11.1 Å². The molecule has 0 amide bonds. The fraction of sp³-hybridized carbons (Fsp3) is 0.130. The molecule has 0 fully saturated rings. The lowest BCUT2D eigenvalue weighted by Gasteiger charge is -2.37. The van der Waals surface area contributed by atoms with Gasteiger partial charge in [0.15, 0.2) is 0 Å². The van der Waals surface area contributed by atoms with Gasteiger partial charge in [-0.3, -0.25) is 4.79 Å². The van der Waals surface area contributed by atoms with Gasteiger partial charge in [-0.05, 0) is 60.4 Å². The van der Waals surface area contributed by atoms with Crippen molar-refractivity contribution in [3.8, 4) is 0 Å². The molecule has 2 aromatic heterocycles. The summed E-state index contributed by atoms with van der Waals surface area (Å²) >= 11 is 0. The zero-order valence-electron chi connectivity index (χ0n) is 30.4. The van der Waals surface area contributed by atoms with Crippen LogP contribution in [0.15, 0.2) is 175 Å². The summed E-state index contributed by atoms with van der Waals surface area (Å²) in [6.07, 6.45) is 2.98. The summed E-state index contributed by atoms with van der Waals surface area (Å²) < 4.78 is 37.6. The van der Waals surface area contributed by atoms with Crippen LogP contribution in [0.5, 0.6) is 0 Å². The first-order valence-corrected chi connectivity index (χ1v) is 19.6. The molecule has 9 heteroatoms. The van der Waals surface area contributed by atoms with E-state index >= 15 is 0 Å². The van der Waals surface area contributed by atoms with E-state index in [1.165, 1.54) is 3.97 Å². The number of aromatic nitrogens is 3. The monoisotopic (exact) mass is 745 g/mol. The van der Waals surface area contributed by atoms with Gasteiger partial charge in [-0.2, -0.15) is 0 Å². The third-order valence-electron chi connectivity index (χ3n) is 10.3. The van der Waals surface area contributed by atoms with Crippen LogP contribution in [0.1, 0.15) is 46.9 Å². The molecule has 1 N–H and O–H groups in total. The highest BCUT2D eigenvalue weighted by Crippen LogP contribution is 2.43. The quantitative estimate of drug-likeness (QED) is 0.105. The highest BCUT2D eigenvalue weighted by molar-refractivity contribution is 7.90. The Labute approximate surface area is 320 Å². The van der Waals surface area contributed by atoms with Crippen molar-refractivity contribution in [3.05, 3.63) is 204 Å². The average Bonchev–Trinajstić information content (AvgIpc) is 3.84. The summed E-state index contributed by atoms with van der Waals surface area (Å²) in [5.41, 5.74) is 2.16. The average molecular weight is 746 g/mol. The minimum absolute atomic E-state index is 0.116. The second kappa shape index (κ2) is 14.2. The van der Waals surface area contributed by atoms with Gasteiger partial charge < -0.3 is 14.4 Å². The van der Waals surface area contributed by atoms with Gasteiger partial charge in [0.25, 0.3) is 10.0 Å². The highest BCUT2D eigenvalue weighted by atomic mass is 32.2. The number of hydrogen-bond donors (Lipinski definition) is 1. The third kappa shape index (κ3) is 6.02. The number of imidazole rings is 1. The summed E-state index contributed by atoms with van der Waals surface area (Å²) in [5.74, 6) is -0.632. The lowest BCUT2D eigenvalue weighted by atomic mass is 9.76. The molecule has 0 aliphatic carbocycles. The molecule has 0 saturated heterocycles. The first kappa shape index (κ1) is 35.7. The predicted octanol–water partition coefficient (Wildman–Crippen LogP) is 8.57. The zero-order chi connectivity index (χ0) is 38.2. The van der Waals surface area contributed by atoms with Crippen molar-refractivity contribution in [2.75, 3.05) is 6.61 Å². The number of ether oxygens (including phenoxy) is 1. The van der Waals surface area contributed by atoms with Crippen molar-refractivity contribution in [1.82, 2.24) is 13.5 Å². The molecule has 6 aromatic carbocycles. The van der Waals surface area contributed by atoms with Gasteiger partial charge in [0.2, 0.25) is 0 Å². The molecule has 0 aliphatic rings. The van der Waals surface area contributed by atoms with Crippen molar-refractivity contribution in [2.45, 2.75) is 36.3 Å². The second-order valence-electron chi connectivity index (χ2n) is 13.6. The molecule has 0 bridgehead atoms. The maximum Gasteiger partial charge on any atom is 0.309 e. The molecule has 8 nitrogen and oxygen atoms in total. The van der Waals surface area contributed by atoms with E-state index in [2.05, 4.69) is 36.4 Å². The number of carbonyl (C=O) groups is 1. The summed E-state index contributed by atoms with van der Waals surface area (Å²) in [6, 6.07) is 49.4. The molecule has 1 atom stereocenters. The Morgan fingerprint density at radius 1 is 0.691 bits per heavy atom. The molecular formula is C46H39N3O5S. The molecule has 8 aromatic rings. The Balaban J connectivity index is 1.37. The van der Waals surface area contributed by atoms with Crippen LogP contribution in [0.4, 0.5) is 0 Å². The lowest BCUT2D eigenvalue weighted by Crippen LogP contribution is -2.37. The maximum atomic E-state index is 14.5. The number of aryl methyl sites for hydroxylation is 1. The topological polar surface area (TPSA) is 103 Å². The summed E-state index contributed by atoms with van der Waals surface area (Å²) in [6.45, 7) is 3.73. The number of aliphatic hydroxyl groups is 1. The van der Waals surface area contributed by atoms with Gasteiger partial charge in [-0.25, -0.2) is 17.4 Å². The first-order chi connectivity index (χ1) is 26.7. The summed E-state index contributed by atoms with van der Waals surface area (Å²) in [5, 5.41) is 14.4. The number of hydrogen-bond acceptors (Lipinski definition) is 6. The Kier molecular flexibility index (Phi) is 9.20. The molecule has 0 spiro atoms. The van der Waals surface area contributed by atoms with Crippen molar-refractivity contribution >= 4 is 37.8 Å². The van der Waals surface area contributed by atoms with E-state index in [0.29, 0.717) is 16.4 Å². The van der Waals surface area contributed by atoms with Gasteiger partial charge in [0.05, 0.1) is 41.0 Å². The van der Waals surface area contributed by atoms with Gasteiger partial charge in [-0.15, -0.1) is 0 Å². The van der Waals surface area contributed by atoms with Crippen LogP contribution in [0.25, 0.3) is 21.8 Å². The van der Waals surface area contributed by atoms with E-state index in [0.717, 1.165) is 27.6 Å². The maximum absolute atomic E-state index is 14.5. The minimum atomic E-state index is -4.11. The normalized spacial score (nSPS) is 13.1. The molecule has 8 rings (SSSR count). The molecular weight excluding hydrogens is 707 g/mol. The molecule has 274 valence electrons. The smallest absolute Gasteiger partial charge is 0.309 e. The number of esters is 1. The van der Waals surface area contributed by atoms with Crippen molar-refractivity contribution in [1.29, 1.82) is 0 Å². The fourth-order valence-electron chi connectivity index (χ4n) is 7.73. The standard InChI is InChI=1S/C46H39N3O5S/c1-3-54-44(50)30-45(51,37-25-28-40-39-21-13-14-22-41(39)49(42(40)29-37)55(52,53)38-26-23-33(2)24-27-38)43-31-48(32-47-43)46(34-15-7-4-8-16-34,35-17-9-5-10-18-35)36-19-11-6-12-20-36/h4-29,31-32,51H,3,30H2,1-2H3. The van der Waals surface area contributed by atoms with Crippen LogP contribution in [0.2, 0.25) is 0 Å². The van der Waals surface area contributed by atoms with E-state index in [9.17, 15) is 18.3 Å². The third-order valence-corrected chi connectivity index (χ3v) is 12.1. The van der Waals surface area contributed by atoms with Gasteiger partial charge >= 0.3 is 5.97 Å². The number of rotatable bonds is 11. The SMILES string of the molecule is CCOC(=O)CC(O)(c1ccc2c3ccccc3n(S(=O)(=O)c3ccc(C)cc3)c2c1)c1cn(C(c2ccccc2)(c2ccccc2)c2ccccc2)cn1. The van der Waals surface area contributed by atoms with Gasteiger partial charge in [-0.1, -0.05) is 139 Å². The van der Waals surface area contributed by atoms with E-state index < -0.39 is 33.6 Å². The molecule has 55 heavy (non-hydrogen) atoms. The predicted molar refractivity (Wildman–Crippen MR) is 214 cm³/mol. The van der Waals surface area contributed by atoms with Gasteiger partial charge in [0, 0.05) is 17.0 Å². The zero-order valence-corrected chi connectivity index (χ0v) is 31.2. The summed E-state index contributed by atoms with van der Waals surface area (Å²) in [7, 11) is -4.11. The molecule has 0 saturated carbocycles. The number of benzene rings is 6. The molecule has 0 radical (unpaired) electrons. The van der Waals surface area contributed by atoms with Crippen LogP contribution in [0.3, 0.4) is 0 Å². The van der Waals surface area contributed by atoms with Crippen molar-refractivity contribution in [2.24, 2.45) is 0 Å². The van der Waals surface area contributed by atoms with Crippen LogP contribution in [-0.2, 0) is 30.7 Å². The Bertz CT molecular complexity index is 2650. The second-order valence-corrected chi connectivity index (χ2v) is 15.4.